The Morgan fingerprint density at radius 1 is 1.40 bits per heavy atom. The first-order valence-corrected chi connectivity index (χ1v) is 3.96. The second kappa shape index (κ2) is 5.69. The molecule has 0 bridgehead atoms. The van der Waals surface area contributed by atoms with Crippen LogP contribution < -0.4 is 5.32 Å². The van der Waals surface area contributed by atoms with Crippen molar-refractivity contribution < 1.29 is 4.74 Å². The van der Waals surface area contributed by atoms with Gasteiger partial charge in [0.2, 0.25) is 0 Å². The van der Waals surface area contributed by atoms with Crippen LogP contribution in [0, 0.1) is 0 Å². The van der Waals surface area contributed by atoms with E-state index in [0.29, 0.717) is 12.1 Å². The molecular formula is C8H19NO. The Labute approximate surface area is 64.0 Å². The lowest BCUT2D eigenvalue weighted by atomic mass is 10.1. The van der Waals surface area contributed by atoms with Crippen molar-refractivity contribution in [2.24, 2.45) is 0 Å². The molecule has 2 nitrogen and oxygen atoms in total. The van der Waals surface area contributed by atoms with E-state index in [0.717, 1.165) is 13.0 Å². The fourth-order valence-electron chi connectivity index (χ4n) is 1.03. The van der Waals surface area contributed by atoms with E-state index in [9.17, 15) is 0 Å². The average molecular weight is 145 g/mol. The van der Waals surface area contributed by atoms with Crippen LogP contribution in [0.2, 0.25) is 0 Å². The highest BCUT2D eigenvalue weighted by atomic mass is 16.5. The van der Waals surface area contributed by atoms with E-state index in [1.165, 1.54) is 0 Å². The lowest BCUT2D eigenvalue weighted by molar-refractivity contribution is 0.102. The third kappa shape index (κ3) is 4.77. The maximum atomic E-state index is 5.13. The van der Waals surface area contributed by atoms with E-state index in [1.807, 2.05) is 0 Å². The molecule has 2 heteroatoms. The summed E-state index contributed by atoms with van der Waals surface area (Å²) in [5.74, 6) is 0. The first kappa shape index (κ1) is 9.92. The molecule has 1 N–H and O–H groups in total. The summed E-state index contributed by atoms with van der Waals surface area (Å²) in [6, 6.07) is 0.569. The third-order valence-corrected chi connectivity index (χ3v) is 1.64. The molecule has 0 aliphatic heterocycles. The van der Waals surface area contributed by atoms with Crippen molar-refractivity contribution in [1.82, 2.24) is 5.32 Å². The summed E-state index contributed by atoms with van der Waals surface area (Å²) in [5.41, 5.74) is 0. The Balaban J connectivity index is 3.27. The summed E-state index contributed by atoms with van der Waals surface area (Å²) in [5, 5.41) is 3.33. The molecule has 0 saturated heterocycles. The largest absolute Gasteiger partial charge is 0.382 e. The van der Waals surface area contributed by atoms with E-state index < -0.39 is 0 Å². The van der Waals surface area contributed by atoms with Gasteiger partial charge in [-0.2, -0.15) is 0 Å². The van der Waals surface area contributed by atoms with E-state index in [4.69, 9.17) is 4.74 Å². The predicted molar refractivity (Wildman–Crippen MR) is 44.2 cm³/mol. The Morgan fingerprint density at radius 2 is 2.00 bits per heavy atom. The van der Waals surface area contributed by atoms with Crippen molar-refractivity contribution in [2.45, 2.75) is 39.3 Å². The summed E-state index contributed by atoms with van der Waals surface area (Å²) < 4.78 is 5.13. The van der Waals surface area contributed by atoms with Crippen molar-refractivity contribution in [3.8, 4) is 0 Å². The van der Waals surface area contributed by atoms with Crippen LogP contribution in [0.3, 0.4) is 0 Å². The zero-order valence-corrected chi connectivity index (χ0v) is 7.48. The summed E-state index contributed by atoms with van der Waals surface area (Å²) in [6.07, 6.45) is 1.46. The first-order chi connectivity index (χ1) is 4.70. The molecule has 62 valence electrons. The molecule has 10 heavy (non-hydrogen) atoms. The van der Waals surface area contributed by atoms with Gasteiger partial charge in [-0.1, -0.05) is 6.92 Å². The van der Waals surface area contributed by atoms with Gasteiger partial charge in [0.05, 0.1) is 6.10 Å². The second-order valence-electron chi connectivity index (χ2n) is 2.74. The topological polar surface area (TPSA) is 21.3 Å². The van der Waals surface area contributed by atoms with Gasteiger partial charge in [-0.25, -0.2) is 0 Å². The van der Waals surface area contributed by atoms with Crippen LogP contribution in [0.4, 0.5) is 0 Å². The fourth-order valence-corrected chi connectivity index (χ4v) is 1.03. The normalized spacial score (nSPS) is 16.8. The van der Waals surface area contributed by atoms with Crippen LogP contribution in [0.25, 0.3) is 0 Å². The number of nitrogens with one attached hydrogen (secondary N) is 1. The van der Waals surface area contributed by atoms with Crippen molar-refractivity contribution in [3.05, 3.63) is 0 Å². The van der Waals surface area contributed by atoms with Crippen LogP contribution >= 0.6 is 0 Å². The van der Waals surface area contributed by atoms with Crippen LogP contribution in [0.5, 0.6) is 0 Å². The molecule has 0 radical (unpaired) electrons. The SMILES string of the molecule is CCNC(C)CC(C)OC. The highest BCUT2D eigenvalue weighted by Crippen LogP contribution is 1.99. The van der Waals surface area contributed by atoms with Gasteiger partial charge in [0.1, 0.15) is 0 Å². The van der Waals surface area contributed by atoms with E-state index >= 15 is 0 Å². The standard InChI is InChI=1S/C8H19NO/c1-5-9-7(2)6-8(3)10-4/h7-9H,5-6H2,1-4H3. The quantitative estimate of drug-likeness (QED) is 0.631. The summed E-state index contributed by atoms with van der Waals surface area (Å²) in [4.78, 5) is 0. The molecule has 0 rings (SSSR count). The summed E-state index contributed by atoms with van der Waals surface area (Å²) in [7, 11) is 1.75. The van der Waals surface area contributed by atoms with Gasteiger partial charge in [-0.15, -0.1) is 0 Å². The van der Waals surface area contributed by atoms with Gasteiger partial charge in [-0.05, 0) is 26.8 Å². The van der Waals surface area contributed by atoms with Gasteiger partial charge >= 0.3 is 0 Å². The minimum atomic E-state index is 0.369. The zero-order chi connectivity index (χ0) is 7.98. The lowest BCUT2D eigenvalue weighted by Crippen LogP contribution is -2.29. The van der Waals surface area contributed by atoms with Gasteiger partial charge in [0.25, 0.3) is 0 Å². The molecule has 0 aromatic carbocycles. The Bertz CT molecular complexity index is 75.7. The van der Waals surface area contributed by atoms with Gasteiger partial charge in [-0.3, -0.25) is 0 Å². The Morgan fingerprint density at radius 3 is 2.40 bits per heavy atom. The smallest absolute Gasteiger partial charge is 0.0557 e. The maximum absolute atomic E-state index is 5.13. The van der Waals surface area contributed by atoms with Crippen LogP contribution in [0.1, 0.15) is 27.2 Å². The second-order valence-corrected chi connectivity index (χ2v) is 2.74. The molecular weight excluding hydrogens is 126 g/mol. The average Bonchev–Trinajstić information content (AvgIpc) is 1.88. The van der Waals surface area contributed by atoms with Crippen LogP contribution in [-0.4, -0.2) is 25.8 Å². The van der Waals surface area contributed by atoms with Crippen LogP contribution in [-0.2, 0) is 4.74 Å². The molecule has 0 aromatic heterocycles. The fraction of sp³-hybridized carbons (Fsp3) is 1.00. The predicted octanol–water partition coefficient (Wildman–Crippen LogP) is 1.41. The van der Waals surface area contributed by atoms with Crippen molar-refractivity contribution >= 4 is 0 Å². The molecule has 2 unspecified atom stereocenters. The molecule has 0 aliphatic carbocycles. The van der Waals surface area contributed by atoms with Gasteiger partial charge in [0, 0.05) is 13.2 Å². The van der Waals surface area contributed by atoms with E-state index in [2.05, 4.69) is 26.1 Å². The molecule has 0 spiro atoms. The number of hydrogen-bond acceptors (Lipinski definition) is 2. The van der Waals surface area contributed by atoms with E-state index in [1.54, 1.807) is 7.11 Å². The molecule has 0 fully saturated rings. The van der Waals surface area contributed by atoms with Crippen molar-refractivity contribution in [2.75, 3.05) is 13.7 Å². The van der Waals surface area contributed by atoms with Crippen molar-refractivity contribution in [1.29, 1.82) is 0 Å². The summed E-state index contributed by atoms with van der Waals surface area (Å²) in [6.45, 7) is 7.43. The molecule has 0 aliphatic rings. The molecule has 2 atom stereocenters. The zero-order valence-electron chi connectivity index (χ0n) is 7.48. The molecule has 0 aromatic rings. The third-order valence-electron chi connectivity index (χ3n) is 1.64. The highest BCUT2D eigenvalue weighted by Gasteiger charge is 2.04. The number of hydrogen-bond donors (Lipinski definition) is 1. The summed E-state index contributed by atoms with van der Waals surface area (Å²) >= 11 is 0. The highest BCUT2D eigenvalue weighted by molar-refractivity contribution is 4.62. The Hall–Kier alpha value is -0.0800. The molecule has 0 saturated carbocycles. The lowest BCUT2D eigenvalue weighted by Gasteiger charge is -2.16. The van der Waals surface area contributed by atoms with Gasteiger partial charge < -0.3 is 10.1 Å². The molecule has 0 heterocycles. The monoisotopic (exact) mass is 145 g/mol. The van der Waals surface area contributed by atoms with Crippen molar-refractivity contribution in [3.63, 3.8) is 0 Å². The van der Waals surface area contributed by atoms with E-state index in [-0.39, 0.29) is 0 Å². The first-order valence-electron chi connectivity index (χ1n) is 3.96. The van der Waals surface area contributed by atoms with Gasteiger partial charge in [0.15, 0.2) is 0 Å². The minimum absolute atomic E-state index is 0.369. The Kier molecular flexibility index (Phi) is 5.64. The maximum Gasteiger partial charge on any atom is 0.0557 e. The molecule has 0 amide bonds. The number of ether oxygens (including phenoxy) is 1. The minimum Gasteiger partial charge on any atom is -0.382 e. The number of methoxy groups -OCH3 is 1. The number of rotatable bonds is 5. The van der Waals surface area contributed by atoms with Crippen LogP contribution in [0.15, 0.2) is 0 Å².